The number of aliphatic hydroxyl groups is 3. The number of aliphatic hydroxyl groups excluding tert-OH is 3. The van der Waals surface area contributed by atoms with Gasteiger partial charge in [0.25, 0.3) is 0 Å². The first-order chi connectivity index (χ1) is 18.4. The zero-order valence-corrected chi connectivity index (χ0v) is 21.3. The van der Waals surface area contributed by atoms with Gasteiger partial charge in [0.05, 0.1) is 48.7 Å². The van der Waals surface area contributed by atoms with Crippen LogP contribution in [0.3, 0.4) is 0 Å². The van der Waals surface area contributed by atoms with E-state index in [1.54, 1.807) is 18.4 Å². The highest BCUT2D eigenvalue weighted by Gasteiger charge is 2.60. The van der Waals surface area contributed by atoms with Gasteiger partial charge in [0, 0.05) is 18.3 Å². The van der Waals surface area contributed by atoms with Crippen molar-refractivity contribution in [3.63, 3.8) is 0 Å². The topological polar surface area (TPSA) is 142 Å². The fourth-order valence-electron chi connectivity index (χ4n) is 6.21. The van der Waals surface area contributed by atoms with Gasteiger partial charge in [0.1, 0.15) is 25.1 Å². The molecule has 2 heterocycles. The van der Waals surface area contributed by atoms with E-state index in [-0.39, 0.29) is 44.0 Å². The van der Waals surface area contributed by atoms with E-state index in [1.165, 1.54) is 4.90 Å². The van der Waals surface area contributed by atoms with Gasteiger partial charge >= 0.3 is 0 Å². The summed E-state index contributed by atoms with van der Waals surface area (Å²) >= 11 is 0. The summed E-state index contributed by atoms with van der Waals surface area (Å²) < 4.78 is 10.6. The van der Waals surface area contributed by atoms with Crippen LogP contribution in [0.15, 0.2) is 58.3 Å². The predicted molar refractivity (Wildman–Crippen MR) is 134 cm³/mol. The number of carbonyl (C=O) groups excluding carboxylic acids is 2. The molecule has 2 aliphatic carbocycles. The van der Waals surface area contributed by atoms with E-state index in [9.17, 15) is 24.9 Å². The minimum absolute atomic E-state index is 0.0226. The number of nitrogens with zero attached hydrogens (tertiary/aromatic N) is 2. The quantitative estimate of drug-likeness (QED) is 0.333. The molecule has 204 valence electrons. The molecule has 10 nitrogen and oxygen atoms in total. The molecule has 1 aliphatic heterocycles. The van der Waals surface area contributed by atoms with Crippen LogP contribution in [0.25, 0.3) is 0 Å². The molecule has 1 aromatic heterocycles. The summed E-state index contributed by atoms with van der Waals surface area (Å²) in [4.78, 5) is 33.8. The van der Waals surface area contributed by atoms with Crippen LogP contribution in [0.2, 0.25) is 0 Å². The molecular formula is C28H34N2O8. The summed E-state index contributed by atoms with van der Waals surface area (Å²) in [6, 6.07) is 12.5. The Kier molecular flexibility index (Phi) is 7.94. The van der Waals surface area contributed by atoms with Gasteiger partial charge in [-0.25, -0.2) is 0 Å². The number of imide groups is 1. The van der Waals surface area contributed by atoms with Crippen LogP contribution in [0.1, 0.15) is 43.6 Å². The maximum atomic E-state index is 13.7. The zero-order chi connectivity index (χ0) is 26.8. The van der Waals surface area contributed by atoms with Crippen molar-refractivity contribution in [1.29, 1.82) is 0 Å². The third-order valence-electron chi connectivity index (χ3n) is 8.07. The second-order valence-corrected chi connectivity index (χ2v) is 10.4. The Morgan fingerprint density at radius 1 is 1.05 bits per heavy atom. The van der Waals surface area contributed by atoms with Gasteiger partial charge < -0.3 is 29.3 Å². The van der Waals surface area contributed by atoms with Gasteiger partial charge in [-0.2, -0.15) is 0 Å². The lowest BCUT2D eigenvalue weighted by Gasteiger charge is -2.45. The standard InChI is InChI=1S/C28H34N2O8/c1-16(17-6-3-2-4-7-17)30-27(34)21-10-9-20-22(12-23(32)26(33)24(20)25(21)28(30)35)29-38-14-18(31)13-36-15-19-8-5-11-37-19/h2-8,11,16,18,20-21,23-26,31-33H,9-10,12-15H2,1H3/b29-22+/t16-,18-,20-,21+,23+,24-,25+,26+/m0/s1. The Hall–Kier alpha value is -3.05. The fraction of sp³-hybridized carbons (Fsp3) is 0.536. The number of rotatable bonds is 9. The Bertz CT molecular complexity index is 1140. The number of carbonyl (C=O) groups is 2. The second kappa shape index (κ2) is 11.4. The number of furan rings is 1. The zero-order valence-electron chi connectivity index (χ0n) is 21.3. The van der Waals surface area contributed by atoms with Crippen LogP contribution in [0, 0.1) is 23.7 Å². The van der Waals surface area contributed by atoms with E-state index in [0.29, 0.717) is 24.3 Å². The average Bonchev–Trinajstić information content (AvgIpc) is 3.53. The molecule has 10 heteroatoms. The van der Waals surface area contributed by atoms with E-state index in [2.05, 4.69) is 5.16 Å². The van der Waals surface area contributed by atoms with E-state index in [0.717, 1.165) is 5.56 Å². The first-order valence-electron chi connectivity index (χ1n) is 13.1. The number of amides is 2. The Balaban J connectivity index is 1.26. The first-order valence-corrected chi connectivity index (χ1v) is 13.1. The maximum Gasteiger partial charge on any atom is 0.234 e. The molecule has 3 fully saturated rings. The molecule has 0 unspecified atom stereocenters. The molecule has 8 atom stereocenters. The molecule has 3 aliphatic rings. The SMILES string of the molecule is C[C@@H](c1ccccc1)N1C(=O)[C@H]2[C@H]3[C@H](O)[C@H](O)C/C(=N\OC[C@@H](O)COCc4ccco4)[C@@H]3CC[C@H]2C1=O. The maximum absolute atomic E-state index is 13.7. The van der Waals surface area contributed by atoms with Gasteiger partial charge in [0.15, 0.2) is 0 Å². The van der Waals surface area contributed by atoms with Crippen LogP contribution in [-0.4, -0.2) is 69.3 Å². The van der Waals surface area contributed by atoms with Gasteiger partial charge in [-0.15, -0.1) is 0 Å². The van der Waals surface area contributed by atoms with Crippen LogP contribution >= 0.6 is 0 Å². The Labute approximate surface area is 220 Å². The molecule has 2 amide bonds. The van der Waals surface area contributed by atoms with Crippen molar-refractivity contribution in [3.05, 3.63) is 60.1 Å². The van der Waals surface area contributed by atoms with Crippen molar-refractivity contribution in [2.75, 3.05) is 13.2 Å². The molecule has 1 saturated heterocycles. The number of oxime groups is 1. The minimum Gasteiger partial charge on any atom is -0.467 e. The molecule has 1 aromatic carbocycles. The molecule has 3 N–H and O–H groups in total. The molecule has 2 aromatic rings. The smallest absolute Gasteiger partial charge is 0.234 e. The molecule has 38 heavy (non-hydrogen) atoms. The molecule has 0 spiro atoms. The summed E-state index contributed by atoms with van der Waals surface area (Å²) in [7, 11) is 0. The minimum atomic E-state index is -1.16. The lowest BCUT2D eigenvalue weighted by atomic mass is 9.60. The lowest BCUT2D eigenvalue weighted by Crippen LogP contribution is -2.54. The Morgan fingerprint density at radius 2 is 1.82 bits per heavy atom. The highest BCUT2D eigenvalue weighted by molar-refractivity contribution is 6.06. The summed E-state index contributed by atoms with van der Waals surface area (Å²) in [5, 5.41) is 36.0. The summed E-state index contributed by atoms with van der Waals surface area (Å²) in [5.41, 5.74) is 1.39. The van der Waals surface area contributed by atoms with Crippen molar-refractivity contribution in [2.45, 2.75) is 57.1 Å². The normalized spacial score (nSPS) is 31.7. The van der Waals surface area contributed by atoms with E-state index >= 15 is 0 Å². The van der Waals surface area contributed by atoms with Crippen molar-refractivity contribution >= 4 is 17.5 Å². The van der Waals surface area contributed by atoms with Gasteiger partial charge in [-0.05, 0) is 37.5 Å². The van der Waals surface area contributed by atoms with Gasteiger partial charge in [0.2, 0.25) is 11.8 Å². The summed E-state index contributed by atoms with van der Waals surface area (Å²) in [6.07, 6.45) is -0.558. The highest BCUT2D eigenvalue weighted by Crippen LogP contribution is 2.51. The Morgan fingerprint density at radius 3 is 2.55 bits per heavy atom. The highest BCUT2D eigenvalue weighted by atomic mass is 16.6. The number of hydrogen-bond acceptors (Lipinski definition) is 9. The largest absolute Gasteiger partial charge is 0.467 e. The number of fused-ring (bicyclic) bond motifs is 3. The number of hydrogen-bond donors (Lipinski definition) is 3. The van der Waals surface area contributed by atoms with Crippen molar-refractivity contribution < 1.29 is 38.9 Å². The van der Waals surface area contributed by atoms with Crippen molar-refractivity contribution in [3.8, 4) is 0 Å². The summed E-state index contributed by atoms with van der Waals surface area (Å²) in [6.45, 7) is 1.95. The predicted octanol–water partition coefficient (Wildman–Crippen LogP) is 2.04. The molecule has 0 radical (unpaired) electrons. The molecule has 2 saturated carbocycles. The van der Waals surface area contributed by atoms with Crippen molar-refractivity contribution in [1.82, 2.24) is 4.90 Å². The van der Waals surface area contributed by atoms with E-state index < -0.39 is 42.1 Å². The van der Waals surface area contributed by atoms with Crippen LogP contribution in [0.5, 0.6) is 0 Å². The van der Waals surface area contributed by atoms with Gasteiger partial charge in [-0.1, -0.05) is 35.5 Å². The van der Waals surface area contributed by atoms with Gasteiger partial charge in [-0.3, -0.25) is 14.5 Å². The summed E-state index contributed by atoms with van der Waals surface area (Å²) in [5.74, 6) is -2.13. The second-order valence-electron chi connectivity index (χ2n) is 10.4. The number of ether oxygens (including phenoxy) is 1. The van der Waals surface area contributed by atoms with Crippen LogP contribution in [-0.2, 0) is 25.8 Å². The number of benzene rings is 1. The third-order valence-corrected chi connectivity index (χ3v) is 8.07. The fourth-order valence-corrected chi connectivity index (χ4v) is 6.21. The van der Waals surface area contributed by atoms with E-state index in [4.69, 9.17) is 14.0 Å². The van der Waals surface area contributed by atoms with Crippen LogP contribution in [0.4, 0.5) is 0 Å². The lowest BCUT2D eigenvalue weighted by molar-refractivity contribution is -0.144. The third kappa shape index (κ3) is 5.13. The number of likely N-dealkylation sites (tertiary alicyclic amines) is 1. The average molecular weight is 527 g/mol. The van der Waals surface area contributed by atoms with E-state index in [1.807, 2.05) is 37.3 Å². The molecular weight excluding hydrogens is 492 g/mol. The molecule has 5 rings (SSSR count). The van der Waals surface area contributed by atoms with Crippen LogP contribution < -0.4 is 0 Å². The monoisotopic (exact) mass is 526 g/mol. The van der Waals surface area contributed by atoms with Crippen molar-refractivity contribution in [2.24, 2.45) is 28.8 Å². The molecule has 0 bridgehead atoms. The first kappa shape index (κ1) is 26.6.